The molecule has 0 unspecified atom stereocenters. The van der Waals surface area contributed by atoms with Gasteiger partial charge in [0, 0.05) is 12.3 Å². The van der Waals surface area contributed by atoms with Crippen LogP contribution in [0.1, 0.15) is 5.76 Å². The van der Waals surface area contributed by atoms with E-state index in [-0.39, 0.29) is 16.1 Å². The second-order valence-corrected chi connectivity index (χ2v) is 5.52. The van der Waals surface area contributed by atoms with Crippen molar-refractivity contribution in [3.8, 4) is 0 Å². The SMILES string of the molecule is NCc1cc(S(=O)(=O)Nc2cn[nH]c2)c(Br)o1. The van der Waals surface area contributed by atoms with Gasteiger partial charge >= 0.3 is 0 Å². The molecule has 92 valence electrons. The number of aromatic amines is 1. The Morgan fingerprint density at radius 1 is 1.59 bits per heavy atom. The van der Waals surface area contributed by atoms with E-state index in [0.29, 0.717) is 11.4 Å². The Bertz CT molecular complexity index is 605. The minimum Gasteiger partial charge on any atom is -0.452 e. The van der Waals surface area contributed by atoms with Crippen LogP contribution in [-0.2, 0) is 16.6 Å². The summed E-state index contributed by atoms with van der Waals surface area (Å²) in [7, 11) is -3.71. The fourth-order valence-electron chi connectivity index (χ4n) is 1.20. The van der Waals surface area contributed by atoms with Crippen molar-refractivity contribution in [1.82, 2.24) is 10.2 Å². The minimum absolute atomic E-state index is 0.000787. The van der Waals surface area contributed by atoms with Crippen LogP contribution in [0.3, 0.4) is 0 Å². The van der Waals surface area contributed by atoms with Crippen molar-refractivity contribution in [3.05, 3.63) is 28.9 Å². The van der Waals surface area contributed by atoms with Crippen molar-refractivity contribution in [2.75, 3.05) is 4.72 Å². The van der Waals surface area contributed by atoms with Gasteiger partial charge in [0.15, 0.2) is 4.67 Å². The van der Waals surface area contributed by atoms with Crippen LogP contribution in [0.5, 0.6) is 0 Å². The van der Waals surface area contributed by atoms with E-state index < -0.39 is 10.0 Å². The maximum absolute atomic E-state index is 12.0. The van der Waals surface area contributed by atoms with Crippen LogP contribution in [0.4, 0.5) is 5.69 Å². The number of H-pyrrole nitrogens is 1. The Morgan fingerprint density at radius 3 is 2.88 bits per heavy atom. The maximum Gasteiger partial charge on any atom is 0.266 e. The molecule has 17 heavy (non-hydrogen) atoms. The predicted molar refractivity (Wildman–Crippen MR) is 63.7 cm³/mol. The Labute approximate surface area is 106 Å². The lowest BCUT2D eigenvalue weighted by Crippen LogP contribution is -2.12. The van der Waals surface area contributed by atoms with Crippen molar-refractivity contribution in [1.29, 1.82) is 0 Å². The molecule has 9 heteroatoms. The van der Waals surface area contributed by atoms with Gasteiger partial charge in [-0.3, -0.25) is 9.82 Å². The molecule has 0 aliphatic rings. The van der Waals surface area contributed by atoms with Crippen LogP contribution in [-0.4, -0.2) is 18.6 Å². The van der Waals surface area contributed by atoms with Crippen LogP contribution in [0.25, 0.3) is 0 Å². The molecular formula is C8H9BrN4O3S. The molecule has 0 aliphatic carbocycles. The highest BCUT2D eigenvalue weighted by molar-refractivity contribution is 9.10. The van der Waals surface area contributed by atoms with E-state index in [1.54, 1.807) is 0 Å². The minimum atomic E-state index is -3.71. The zero-order valence-electron chi connectivity index (χ0n) is 8.47. The number of nitrogens with one attached hydrogen (secondary N) is 2. The molecule has 2 heterocycles. The Kier molecular flexibility index (Phi) is 3.22. The molecule has 0 amide bonds. The molecule has 0 spiro atoms. The molecule has 2 aromatic rings. The molecule has 0 saturated carbocycles. The second-order valence-electron chi connectivity index (χ2n) is 3.15. The lowest BCUT2D eigenvalue weighted by Gasteiger charge is -2.02. The lowest BCUT2D eigenvalue weighted by molar-refractivity contribution is 0.484. The van der Waals surface area contributed by atoms with E-state index in [0.717, 1.165) is 0 Å². The number of rotatable bonds is 4. The molecule has 0 fully saturated rings. The first kappa shape index (κ1) is 12.1. The number of hydrogen-bond donors (Lipinski definition) is 3. The first-order chi connectivity index (χ1) is 8.03. The summed E-state index contributed by atoms with van der Waals surface area (Å²) in [6.45, 7) is 0.125. The van der Waals surface area contributed by atoms with Crippen molar-refractivity contribution in [3.63, 3.8) is 0 Å². The van der Waals surface area contributed by atoms with Crippen LogP contribution < -0.4 is 10.5 Å². The number of anilines is 1. The predicted octanol–water partition coefficient (Wildman–Crippen LogP) is 1.02. The van der Waals surface area contributed by atoms with Crippen molar-refractivity contribution >= 4 is 31.6 Å². The largest absolute Gasteiger partial charge is 0.452 e. The summed E-state index contributed by atoms with van der Waals surface area (Å²) in [6, 6.07) is 1.37. The Morgan fingerprint density at radius 2 is 2.35 bits per heavy atom. The zero-order chi connectivity index (χ0) is 12.5. The number of aromatic nitrogens is 2. The van der Waals surface area contributed by atoms with Gasteiger partial charge in [-0.15, -0.1) is 0 Å². The third kappa shape index (κ3) is 2.51. The average Bonchev–Trinajstić information content (AvgIpc) is 2.86. The van der Waals surface area contributed by atoms with E-state index in [9.17, 15) is 8.42 Å². The molecule has 0 aliphatic heterocycles. The number of hydrogen-bond acceptors (Lipinski definition) is 5. The highest BCUT2D eigenvalue weighted by atomic mass is 79.9. The van der Waals surface area contributed by atoms with E-state index in [1.807, 2.05) is 0 Å². The molecule has 7 nitrogen and oxygen atoms in total. The van der Waals surface area contributed by atoms with Crippen LogP contribution >= 0.6 is 15.9 Å². The first-order valence-electron chi connectivity index (χ1n) is 4.53. The summed E-state index contributed by atoms with van der Waals surface area (Å²) in [6.07, 6.45) is 2.78. The van der Waals surface area contributed by atoms with Gasteiger partial charge in [0.25, 0.3) is 10.0 Å². The molecular weight excluding hydrogens is 312 g/mol. The third-order valence-corrected chi connectivity index (χ3v) is 4.19. The van der Waals surface area contributed by atoms with Gasteiger partial charge in [0.2, 0.25) is 0 Å². The van der Waals surface area contributed by atoms with Crippen LogP contribution in [0.2, 0.25) is 0 Å². The van der Waals surface area contributed by atoms with Crippen LogP contribution in [0.15, 0.2) is 32.4 Å². The molecule has 2 rings (SSSR count). The van der Waals surface area contributed by atoms with Gasteiger partial charge in [-0.05, 0) is 15.9 Å². The van der Waals surface area contributed by atoms with Gasteiger partial charge in [-0.2, -0.15) is 5.10 Å². The van der Waals surface area contributed by atoms with E-state index >= 15 is 0 Å². The number of halogens is 1. The number of furan rings is 1. The smallest absolute Gasteiger partial charge is 0.266 e. The highest BCUT2D eigenvalue weighted by Crippen LogP contribution is 2.27. The number of nitrogens with zero attached hydrogens (tertiary/aromatic N) is 1. The maximum atomic E-state index is 12.0. The van der Waals surface area contributed by atoms with Crippen molar-refractivity contribution < 1.29 is 12.8 Å². The lowest BCUT2D eigenvalue weighted by atomic mass is 10.5. The molecule has 0 aromatic carbocycles. The highest BCUT2D eigenvalue weighted by Gasteiger charge is 2.22. The molecule has 2 aromatic heterocycles. The van der Waals surface area contributed by atoms with Crippen LogP contribution in [0, 0.1) is 0 Å². The average molecular weight is 321 g/mol. The summed E-state index contributed by atoms with van der Waals surface area (Å²) in [5.41, 5.74) is 5.71. The Balaban J connectivity index is 2.34. The Hall–Kier alpha value is -1.32. The third-order valence-electron chi connectivity index (χ3n) is 1.95. The monoisotopic (exact) mass is 320 g/mol. The summed E-state index contributed by atoms with van der Waals surface area (Å²) < 4.78 is 31.5. The van der Waals surface area contributed by atoms with Gasteiger partial charge in [-0.25, -0.2) is 8.42 Å². The topological polar surface area (TPSA) is 114 Å². The molecule has 0 saturated heterocycles. The molecule has 0 atom stereocenters. The van der Waals surface area contributed by atoms with Gasteiger partial charge in [0.05, 0.1) is 18.4 Å². The first-order valence-corrected chi connectivity index (χ1v) is 6.80. The van der Waals surface area contributed by atoms with E-state index in [4.69, 9.17) is 10.2 Å². The van der Waals surface area contributed by atoms with Crippen molar-refractivity contribution in [2.24, 2.45) is 5.73 Å². The molecule has 4 N–H and O–H groups in total. The summed E-state index contributed by atoms with van der Waals surface area (Å²) in [4.78, 5) is -0.000787. The number of sulfonamides is 1. The van der Waals surface area contributed by atoms with Crippen molar-refractivity contribution in [2.45, 2.75) is 11.4 Å². The fraction of sp³-hybridized carbons (Fsp3) is 0.125. The molecule has 0 radical (unpaired) electrons. The summed E-state index contributed by atoms with van der Waals surface area (Å²) in [5.74, 6) is 0.379. The van der Waals surface area contributed by atoms with Gasteiger partial charge < -0.3 is 10.2 Å². The standard InChI is InChI=1S/C8H9BrN4O3S/c9-8-7(1-6(2-10)16-8)17(14,15)13-5-3-11-12-4-5/h1,3-4,13H,2,10H2,(H,11,12). The van der Waals surface area contributed by atoms with E-state index in [2.05, 4.69) is 30.8 Å². The van der Waals surface area contributed by atoms with Gasteiger partial charge in [0.1, 0.15) is 10.7 Å². The molecule has 0 bridgehead atoms. The quantitative estimate of drug-likeness (QED) is 0.778. The normalized spacial score (nSPS) is 11.6. The van der Waals surface area contributed by atoms with Gasteiger partial charge in [-0.1, -0.05) is 0 Å². The van der Waals surface area contributed by atoms with E-state index in [1.165, 1.54) is 18.5 Å². The second kappa shape index (κ2) is 4.51. The zero-order valence-corrected chi connectivity index (χ0v) is 10.9. The number of nitrogens with two attached hydrogens (primary N) is 1. The fourth-order valence-corrected chi connectivity index (χ4v) is 3.23. The summed E-state index contributed by atoms with van der Waals surface area (Å²) >= 11 is 3.03. The summed E-state index contributed by atoms with van der Waals surface area (Å²) in [5, 5.41) is 6.14.